The van der Waals surface area contributed by atoms with Gasteiger partial charge < -0.3 is 15.2 Å². The van der Waals surface area contributed by atoms with Gasteiger partial charge in [0.1, 0.15) is 16.7 Å². The van der Waals surface area contributed by atoms with E-state index in [0.717, 1.165) is 10.2 Å². The van der Waals surface area contributed by atoms with Gasteiger partial charge in [0.15, 0.2) is 0 Å². The predicted octanol–water partition coefficient (Wildman–Crippen LogP) is 3.24. The van der Waals surface area contributed by atoms with Crippen LogP contribution in [-0.4, -0.2) is 27.8 Å². The standard InChI is InChI=1S/C15H20N2O3S/c1-9(16-14(19)20-15(2,3)4)12(18)13-17-10-7-5-6-8-11(10)21-13/h5-9,12,18H,1-4H3,(H,16,19)/t9-,12?/m0/s1. The monoisotopic (exact) mass is 308 g/mol. The molecule has 0 fully saturated rings. The Bertz CT molecular complexity index is 600. The number of carbonyl (C=O) groups is 1. The number of para-hydroxylation sites is 1. The average Bonchev–Trinajstić information content (AvgIpc) is 2.78. The number of ether oxygens (including phenoxy) is 1. The first-order chi connectivity index (χ1) is 9.76. The Labute approximate surface area is 128 Å². The molecule has 0 aliphatic rings. The van der Waals surface area contributed by atoms with Gasteiger partial charge in [-0.1, -0.05) is 12.1 Å². The number of alkyl carbamates (subject to hydrolysis) is 1. The number of amides is 1. The first-order valence-corrected chi connectivity index (χ1v) is 7.61. The molecule has 114 valence electrons. The quantitative estimate of drug-likeness (QED) is 0.913. The predicted molar refractivity (Wildman–Crippen MR) is 83.4 cm³/mol. The van der Waals surface area contributed by atoms with Crippen molar-refractivity contribution in [2.75, 3.05) is 0 Å². The van der Waals surface area contributed by atoms with Crippen molar-refractivity contribution < 1.29 is 14.6 Å². The van der Waals surface area contributed by atoms with Crippen LogP contribution in [0.2, 0.25) is 0 Å². The minimum atomic E-state index is -0.866. The van der Waals surface area contributed by atoms with Crippen molar-refractivity contribution in [3.8, 4) is 0 Å². The first kappa shape index (κ1) is 15.7. The number of aliphatic hydroxyl groups excluding tert-OH is 1. The van der Waals surface area contributed by atoms with Crippen LogP contribution in [0.3, 0.4) is 0 Å². The number of aromatic nitrogens is 1. The van der Waals surface area contributed by atoms with E-state index in [0.29, 0.717) is 5.01 Å². The maximum absolute atomic E-state index is 11.7. The van der Waals surface area contributed by atoms with Gasteiger partial charge in [0.2, 0.25) is 0 Å². The number of hydrogen-bond acceptors (Lipinski definition) is 5. The zero-order valence-corrected chi connectivity index (χ0v) is 13.4. The third kappa shape index (κ3) is 4.15. The van der Waals surface area contributed by atoms with Crippen LogP contribution in [0.1, 0.15) is 38.8 Å². The zero-order chi connectivity index (χ0) is 15.6. The second-order valence-electron chi connectivity index (χ2n) is 5.90. The Balaban J connectivity index is 2.05. The van der Waals surface area contributed by atoms with E-state index >= 15 is 0 Å². The van der Waals surface area contributed by atoms with Crippen LogP contribution in [0.4, 0.5) is 4.79 Å². The molecule has 0 aliphatic carbocycles. The Morgan fingerprint density at radius 2 is 2.05 bits per heavy atom. The Morgan fingerprint density at radius 1 is 1.38 bits per heavy atom. The molecule has 21 heavy (non-hydrogen) atoms. The van der Waals surface area contributed by atoms with Gasteiger partial charge in [-0.2, -0.15) is 0 Å². The third-order valence-corrected chi connectivity index (χ3v) is 3.89. The Morgan fingerprint density at radius 3 is 2.67 bits per heavy atom. The molecule has 1 unspecified atom stereocenters. The van der Waals surface area contributed by atoms with Crippen LogP contribution >= 0.6 is 11.3 Å². The highest BCUT2D eigenvalue weighted by Gasteiger charge is 2.24. The highest BCUT2D eigenvalue weighted by molar-refractivity contribution is 7.18. The molecule has 0 radical (unpaired) electrons. The Hall–Kier alpha value is -1.66. The molecular formula is C15H20N2O3S. The van der Waals surface area contributed by atoms with Crippen LogP contribution in [0, 0.1) is 0 Å². The van der Waals surface area contributed by atoms with E-state index in [1.54, 1.807) is 27.7 Å². The van der Waals surface area contributed by atoms with E-state index in [4.69, 9.17) is 4.74 Å². The van der Waals surface area contributed by atoms with Crippen molar-refractivity contribution in [1.82, 2.24) is 10.3 Å². The number of nitrogens with zero attached hydrogens (tertiary/aromatic N) is 1. The van der Waals surface area contributed by atoms with Crippen molar-refractivity contribution in [3.63, 3.8) is 0 Å². The molecule has 2 rings (SSSR count). The van der Waals surface area contributed by atoms with Gasteiger partial charge in [-0.25, -0.2) is 9.78 Å². The molecule has 0 bridgehead atoms. The molecule has 2 atom stereocenters. The van der Waals surface area contributed by atoms with Gasteiger partial charge in [0.05, 0.1) is 16.3 Å². The van der Waals surface area contributed by atoms with Crippen LogP contribution in [0.5, 0.6) is 0 Å². The van der Waals surface area contributed by atoms with Crippen molar-refractivity contribution in [2.45, 2.75) is 45.4 Å². The topological polar surface area (TPSA) is 71.5 Å². The van der Waals surface area contributed by atoms with Gasteiger partial charge in [-0.3, -0.25) is 0 Å². The fourth-order valence-electron chi connectivity index (χ4n) is 1.80. The number of nitrogens with one attached hydrogen (secondary N) is 1. The fourth-order valence-corrected chi connectivity index (χ4v) is 2.86. The summed E-state index contributed by atoms with van der Waals surface area (Å²) in [5, 5.41) is 13.5. The molecule has 0 spiro atoms. The van der Waals surface area contributed by atoms with Gasteiger partial charge in [0, 0.05) is 0 Å². The lowest BCUT2D eigenvalue weighted by molar-refractivity contribution is 0.0436. The summed E-state index contributed by atoms with van der Waals surface area (Å²) in [5.74, 6) is 0. The summed E-state index contributed by atoms with van der Waals surface area (Å²) in [6.45, 7) is 7.10. The maximum atomic E-state index is 11.7. The van der Waals surface area contributed by atoms with Crippen molar-refractivity contribution in [1.29, 1.82) is 0 Å². The summed E-state index contributed by atoms with van der Waals surface area (Å²) in [7, 11) is 0. The minimum absolute atomic E-state index is 0.486. The molecule has 1 amide bonds. The van der Waals surface area contributed by atoms with Gasteiger partial charge in [0.25, 0.3) is 0 Å². The lowest BCUT2D eigenvalue weighted by Gasteiger charge is -2.23. The molecule has 2 N–H and O–H groups in total. The van der Waals surface area contributed by atoms with Crippen molar-refractivity contribution in [3.05, 3.63) is 29.3 Å². The van der Waals surface area contributed by atoms with E-state index in [2.05, 4.69) is 10.3 Å². The fraction of sp³-hybridized carbons (Fsp3) is 0.467. The molecule has 0 saturated carbocycles. The highest BCUT2D eigenvalue weighted by Crippen LogP contribution is 2.27. The zero-order valence-electron chi connectivity index (χ0n) is 12.6. The first-order valence-electron chi connectivity index (χ1n) is 6.79. The van der Waals surface area contributed by atoms with Crippen LogP contribution in [0.25, 0.3) is 10.2 Å². The largest absolute Gasteiger partial charge is 0.444 e. The van der Waals surface area contributed by atoms with Gasteiger partial charge in [-0.15, -0.1) is 11.3 Å². The average molecular weight is 308 g/mol. The van der Waals surface area contributed by atoms with Gasteiger partial charge in [-0.05, 0) is 39.8 Å². The second kappa shape index (κ2) is 5.99. The maximum Gasteiger partial charge on any atom is 0.407 e. The second-order valence-corrected chi connectivity index (χ2v) is 6.96. The number of aliphatic hydroxyl groups is 1. The van der Waals surface area contributed by atoms with E-state index in [-0.39, 0.29) is 0 Å². The molecule has 2 aromatic rings. The number of rotatable bonds is 3. The number of thiazole rings is 1. The summed E-state index contributed by atoms with van der Waals surface area (Å²) >= 11 is 1.42. The summed E-state index contributed by atoms with van der Waals surface area (Å²) in [4.78, 5) is 16.1. The van der Waals surface area contributed by atoms with E-state index < -0.39 is 23.8 Å². The summed E-state index contributed by atoms with van der Waals surface area (Å²) < 4.78 is 6.19. The highest BCUT2D eigenvalue weighted by atomic mass is 32.1. The molecule has 1 aromatic heterocycles. The molecule has 1 aromatic carbocycles. The van der Waals surface area contributed by atoms with Gasteiger partial charge >= 0.3 is 6.09 Å². The molecule has 0 aliphatic heterocycles. The molecule has 1 heterocycles. The number of fused-ring (bicyclic) bond motifs is 1. The third-order valence-electron chi connectivity index (χ3n) is 2.78. The van der Waals surface area contributed by atoms with Crippen LogP contribution in [0.15, 0.2) is 24.3 Å². The summed E-state index contributed by atoms with van der Waals surface area (Å²) in [5.41, 5.74) is 0.283. The van der Waals surface area contributed by atoms with Crippen molar-refractivity contribution in [2.24, 2.45) is 0 Å². The molecule has 5 nitrogen and oxygen atoms in total. The molecule has 6 heteroatoms. The van der Waals surface area contributed by atoms with Crippen LogP contribution in [-0.2, 0) is 4.74 Å². The van der Waals surface area contributed by atoms with E-state index in [1.165, 1.54) is 11.3 Å². The Kier molecular flexibility index (Phi) is 4.49. The molecule has 0 saturated heterocycles. The summed E-state index contributed by atoms with van der Waals surface area (Å²) in [6, 6.07) is 7.20. The minimum Gasteiger partial charge on any atom is -0.444 e. The van der Waals surface area contributed by atoms with Crippen molar-refractivity contribution >= 4 is 27.6 Å². The van der Waals surface area contributed by atoms with Crippen LogP contribution < -0.4 is 5.32 Å². The smallest absolute Gasteiger partial charge is 0.407 e. The summed E-state index contributed by atoms with van der Waals surface area (Å²) in [6.07, 6.45) is -1.41. The lowest BCUT2D eigenvalue weighted by atomic mass is 10.2. The normalized spacial score (nSPS) is 14.7. The SMILES string of the molecule is C[C@H](NC(=O)OC(C)(C)C)C(O)c1nc2ccccc2s1. The number of carbonyl (C=O) groups excluding carboxylic acids is 1. The van der Waals surface area contributed by atoms with E-state index in [1.807, 2.05) is 24.3 Å². The van der Waals surface area contributed by atoms with E-state index in [9.17, 15) is 9.90 Å². The number of hydrogen-bond donors (Lipinski definition) is 2. The lowest BCUT2D eigenvalue weighted by Crippen LogP contribution is -2.40. The molecular weight excluding hydrogens is 288 g/mol. The number of benzene rings is 1.